The van der Waals surface area contributed by atoms with E-state index in [-0.39, 0.29) is 11.5 Å². The van der Waals surface area contributed by atoms with Gasteiger partial charge in [0.1, 0.15) is 23.9 Å². The number of hydrogen-bond donors (Lipinski definition) is 0. The summed E-state index contributed by atoms with van der Waals surface area (Å²) >= 11 is 0. The minimum atomic E-state index is -0.207. The largest absolute Gasteiger partial charge is 0.496 e. The Morgan fingerprint density at radius 2 is 1.55 bits per heavy atom. The average Bonchev–Trinajstić information content (AvgIpc) is 3.12. The minimum Gasteiger partial charge on any atom is -0.496 e. The second-order valence-corrected chi connectivity index (χ2v) is 6.82. The van der Waals surface area contributed by atoms with Crippen molar-refractivity contribution in [2.75, 3.05) is 21.3 Å². The topological polar surface area (TPSA) is 63.2 Å². The molecule has 6 heteroatoms. The molecule has 4 rings (SSSR count). The van der Waals surface area contributed by atoms with E-state index in [9.17, 15) is 4.79 Å². The number of ketones is 1. The summed E-state index contributed by atoms with van der Waals surface area (Å²) in [4.78, 5) is 12.8. The van der Waals surface area contributed by atoms with E-state index in [1.54, 1.807) is 57.7 Å². The number of fused-ring (bicyclic) bond motifs is 1. The smallest absolute Gasteiger partial charge is 0.231 e. The summed E-state index contributed by atoms with van der Waals surface area (Å²) < 4.78 is 27.8. The first-order chi connectivity index (χ1) is 15.1. The van der Waals surface area contributed by atoms with E-state index in [0.29, 0.717) is 46.5 Å². The van der Waals surface area contributed by atoms with Gasteiger partial charge in [-0.15, -0.1) is 0 Å². The van der Waals surface area contributed by atoms with Crippen LogP contribution in [0.25, 0.3) is 6.08 Å². The third kappa shape index (κ3) is 4.19. The van der Waals surface area contributed by atoms with E-state index in [4.69, 9.17) is 23.7 Å². The van der Waals surface area contributed by atoms with Crippen LogP contribution in [0.4, 0.5) is 0 Å². The molecule has 0 N–H and O–H groups in total. The second-order valence-electron chi connectivity index (χ2n) is 6.82. The van der Waals surface area contributed by atoms with Crippen molar-refractivity contribution in [1.82, 2.24) is 0 Å². The molecule has 31 heavy (non-hydrogen) atoms. The third-order valence-corrected chi connectivity index (χ3v) is 4.91. The molecule has 0 amide bonds. The standard InChI is InChI=1S/C25H22O6/c1-27-20-14-23(29-3)22(28-2)11-17(20)12-24-25(26)19-10-9-18(13-21(19)31-24)30-15-16-7-5-4-6-8-16/h4-14H,15H2,1-3H3. The molecule has 0 saturated heterocycles. The quantitative estimate of drug-likeness (QED) is 0.508. The molecule has 1 aliphatic heterocycles. The minimum absolute atomic E-state index is 0.195. The number of carbonyl (C=O) groups is 1. The van der Waals surface area contributed by atoms with Gasteiger partial charge >= 0.3 is 0 Å². The molecule has 0 atom stereocenters. The van der Waals surface area contributed by atoms with Gasteiger partial charge in [0, 0.05) is 17.7 Å². The lowest BCUT2D eigenvalue weighted by molar-refractivity contribution is 0.101. The highest BCUT2D eigenvalue weighted by Gasteiger charge is 2.28. The van der Waals surface area contributed by atoms with Gasteiger partial charge in [-0.1, -0.05) is 30.3 Å². The third-order valence-electron chi connectivity index (χ3n) is 4.91. The van der Waals surface area contributed by atoms with Gasteiger partial charge in [-0.25, -0.2) is 0 Å². The lowest BCUT2D eigenvalue weighted by Crippen LogP contribution is -2.00. The number of Topliss-reactive ketones (excluding diaryl/α,β-unsaturated/α-hetero) is 1. The Balaban J connectivity index is 1.58. The van der Waals surface area contributed by atoms with Gasteiger partial charge in [0.05, 0.1) is 26.9 Å². The predicted molar refractivity (Wildman–Crippen MR) is 116 cm³/mol. The molecule has 0 unspecified atom stereocenters. The van der Waals surface area contributed by atoms with Crippen molar-refractivity contribution in [3.8, 4) is 28.7 Å². The Morgan fingerprint density at radius 1 is 0.839 bits per heavy atom. The molecular weight excluding hydrogens is 396 g/mol. The van der Waals surface area contributed by atoms with Gasteiger partial charge < -0.3 is 23.7 Å². The Morgan fingerprint density at radius 3 is 2.26 bits per heavy atom. The first-order valence-electron chi connectivity index (χ1n) is 9.68. The fourth-order valence-electron chi connectivity index (χ4n) is 3.30. The number of allylic oxidation sites excluding steroid dienone is 1. The zero-order valence-electron chi connectivity index (χ0n) is 17.5. The normalized spacial score (nSPS) is 13.5. The molecule has 0 fully saturated rings. The van der Waals surface area contributed by atoms with E-state index in [1.807, 2.05) is 30.3 Å². The van der Waals surface area contributed by atoms with Crippen LogP contribution in [-0.2, 0) is 6.61 Å². The molecule has 1 heterocycles. The molecule has 3 aromatic carbocycles. The molecule has 0 bridgehead atoms. The van der Waals surface area contributed by atoms with Crippen molar-refractivity contribution >= 4 is 11.9 Å². The predicted octanol–water partition coefficient (Wildman–Crippen LogP) is 4.91. The van der Waals surface area contributed by atoms with Gasteiger partial charge in [-0.2, -0.15) is 0 Å². The zero-order valence-corrected chi connectivity index (χ0v) is 17.5. The number of rotatable bonds is 7. The van der Waals surface area contributed by atoms with E-state index >= 15 is 0 Å². The Hall–Kier alpha value is -3.93. The summed E-state index contributed by atoms with van der Waals surface area (Å²) in [6, 6.07) is 18.5. The molecule has 0 radical (unpaired) electrons. The highest BCUT2D eigenvalue weighted by molar-refractivity contribution is 6.14. The molecule has 1 aliphatic rings. The van der Waals surface area contributed by atoms with Crippen molar-refractivity contribution in [3.05, 3.63) is 83.1 Å². The molecule has 0 spiro atoms. The van der Waals surface area contributed by atoms with Crippen LogP contribution >= 0.6 is 0 Å². The number of hydrogen-bond acceptors (Lipinski definition) is 6. The van der Waals surface area contributed by atoms with Crippen molar-refractivity contribution < 1.29 is 28.5 Å². The van der Waals surface area contributed by atoms with Gasteiger partial charge in [0.25, 0.3) is 0 Å². The van der Waals surface area contributed by atoms with Gasteiger partial charge in [0.15, 0.2) is 17.3 Å². The van der Waals surface area contributed by atoms with Crippen LogP contribution in [0.1, 0.15) is 21.5 Å². The van der Waals surface area contributed by atoms with Crippen molar-refractivity contribution in [2.45, 2.75) is 6.61 Å². The van der Waals surface area contributed by atoms with Crippen molar-refractivity contribution in [2.24, 2.45) is 0 Å². The number of benzene rings is 3. The molecular formula is C25H22O6. The van der Waals surface area contributed by atoms with Crippen LogP contribution in [0.5, 0.6) is 28.7 Å². The van der Waals surface area contributed by atoms with Crippen LogP contribution in [0, 0.1) is 0 Å². The van der Waals surface area contributed by atoms with Gasteiger partial charge in [-0.3, -0.25) is 4.79 Å². The fraction of sp³-hybridized carbons (Fsp3) is 0.160. The Kier molecular flexibility index (Phi) is 5.80. The maximum absolute atomic E-state index is 12.8. The highest BCUT2D eigenvalue weighted by atomic mass is 16.5. The summed E-state index contributed by atoms with van der Waals surface area (Å²) in [6.45, 7) is 0.430. The Bertz CT molecular complexity index is 1130. The van der Waals surface area contributed by atoms with E-state index in [2.05, 4.69) is 0 Å². The lowest BCUT2D eigenvalue weighted by atomic mass is 10.1. The average molecular weight is 418 g/mol. The summed E-state index contributed by atoms with van der Waals surface area (Å²) in [5.41, 5.74) is 2.18. The molecule has 0 aromatic heterocycles. The maximum Gasteiger partial charge on any atom is 0.231 e. The highest BCUT2D eigenvalue weighted by Crippen LogP contribution is 2.39. The molecule has 0 aliphatic carbocycles. The summed E-state index contributed by atoms with van der Waals surface area (Å²) in [7, 11) is 4.64. The Labute approximate surface area is 180 Å². The molecule has 158 valence electrons. The second kappa shape index (κ2) is 8.83. The van der Waals surface area contributed by atoms with Crippen LogP contribution in [0.2, 0.25) is 0 Å². The van der Waals surface area contributed by atoms with Crippen LogP contribution in [-0.4, -0.2) is 27.1 Å². The van der Waals surface area contributed by atoms with Crippen molar-refractivity contribution in [1.29, 1.82) is 0 Å². The summed E-state index contributed by atoms with van der Waals surface area (Å²) in [5.74, 6) is 2.66. The SMILES string of the molecule is COc1cc(OC)c(OC)cc1C=C1Oc2cc(OCc3ccccc3)ccc2C1=O. The van der Waals surface area contributed by atoms with Crippen LogP contribution in [0.15, 0.2) is 66.4 Å². The first kappa shape index (κ1) is 20.3. The summed E-state index contributed by atoms with van der Waals surface area (Å²) in [6.07, 6.45) is 1.63. The van der Waals surface area contributed by atoms with E-state index in [0.717, 1.165) is 5.56 Å². The lowest BCUT2D eigenvalue weighted by Gasteiger charge is -2.12. The molecule has 6 nitrogen and oxygen atoms in total. The van der Waals surface area contributed by atoms with Gasteiger partial charge in [0.2, 0.25) is 5.78 Å². The van der Waals surface area contributed by atoms with Crippen molar-refractivity contribution in [3.63, 3.8) is 0 Å². The maximum atomic E-state index is 12.8. The van der Waals surface area contributed by atoms with E-state index in [1.165, 1.54) is 0 Å². The molecule has 3 aromatic rings. The van der Waals surface area contributed by atoms with Crippen LogP contribution in [0.3, 0.4) is 0 Å². The monoisotopic (exact) mass is 418 g/mol. The number of carbonyl (C=O) groups excluding carboxylic acids is 1. The van der Waals surface area contributed by atoms with E-state index < -0.39 is 0 Å². The summed E-state index contributed by atoms with van der Waals surface area (Å²) in [5, 5.41) is 0. The first-order valence-corrected chi connectivity index (χ1v) is 9.68. The van der Waals surface area contributed by atoms with Gasteiger partial charge in [-0.05, 0) is 29.8 Å². The molecule has 0 saturated carbocycles. The van der Waals surface area contributed by atoms with Crippen LogP contribution < -0.4 is 23.7 Å². The number of methoxy groups -OCH3 is 3. The number of ether oxygens (including phenoxy) is 5. The fourth-order valence-corrected chi connectivity index (χ4v) is 3.30. The zero-order chi connectivity index (χ0) is 21.8.